The zero-order valence-electron chi connectivity index (χ0n) is 35.4. The summed E-state index contributed by atoms with van der Waals surface area (Å²) < 4.78 is 5.90. The topological polar surface area (TPSA) is 95.9 Å². The lowest BCUT2D eigenvalue weighted by Crippen LogP contribution is -2.46. The molecule has 3 unspecified atom stereocenters. The molecule has 0 aromatic carbocycles. The van der Waals surface area contributed by atoms with Crippen LogP contribution in [0.3, 0.4) is 0 Å². The number of hydrogen-bond donors (Lipinski definition) is 3. The molecule has 0 aromatic rings. The maximum absolute atomic E-state index is 13.1. The van der Waals surface area contributed by atoms with Crippen LogP contribution in [0.5, 0.6) is 0 Å². The fourth-order valence-electron chi connectivity index (χ4n) is 7.06. The molecule has 0 radical (unpaired) electrons. The average molecular weight is 748 g/mol. The van der Waals surface area contributed by atoms with Gasteiger partial charge in [0, 0.05) is 6.42 Å². The second kappa shape index (κ2) is 41.5. The van der Waals surface area contributed by atoms with Gasteiger partial charge < -0.3 is 20.3 Å². The molecule has 0 aliphatic heterocycles. The molecule has 312 valence electrons. The van der Waals surface area contributed by atoms with E-state index in [1.165, 1.54) is 116 Å². The molecule has 0 aromatic heterocycles. The standard InChI is InChI=1S/C47H89NO5/c1-4-7-10-13-16-19-21-23-25-28-31-34-37-40-47(52)53-43(38-35-32-29-27-24-22-20-17-14-11-8-5-2)41-46(51)48-44(42-49)45(50)39-36-33-30-26-18-15-12-9-6-3/h8,11,17,20,43-45,49-50H,4-7,9-10,12-16,18-19,21-42H2,1-3H3,(H,48,51)/b11-8+,20-17+. The van der Waals surface area contributed by atoms with Gasteiger partial charge in [0.2, 0.25) is 5.91 Å². The second-order valence-corrected chi connectivity index (χ2v) is 15.8. The largest absolute Gasteiger partial charge is 0.462 e. The third-order valence-corrected chi connectivity index (χ3v) is 10.5. The second-order valence-electron chi connectivity index (χ2n) is 15.8. The first kappa shape index (κ1) is 51.3. The van der Waals surface area contributed by atoms with E-state index in [9.17, 15) is 19.8 Å². The summed E-state index contributed by atoms with van der Waals surface area (Å²) in [7, 11) is 0. The Bertz CT molecular complexity index is 843. The summed E-state index contributed by atoms with van der Waals surface area (Å²) in [5.41, 5.74) is 0. The first-order chi connectivity index (χ1) is 26.0. The zero-order chi connectivity index (χ0) is 38.9. The molecule has 0 aliphatic rings. The number of aliphatic hydroxyl groups excluding tert-OH is 2. The van der Waals surface area contributed by atoms with Gasteiger partial charge in [-0.25, -0.2) is 0 Å². The quantitative estimate of drug-likeness (QED) is 0.0329. The fraction of sp³-hybridized carbons (Fsp3) is 0.872. The van der Waals surface area contributed by atoms with Gasteiger partial charge in [-0.2, -0.15) is 0 Å². The van der Waals surface area contributed by atoms with Crippen LogP contribution in [-0.4, -0.2) is 46.9 Å². The van der Waals surface area contributed by atoms with Gasteiger partial charge in [0.05, 0.1) is 25.2 Å². The number of amides is 1. The van der Waals surface area contributed by atoms with Crippen LogP contribution in [0.1, 0.15) is 239 Å². The molecule has 0 spiro atoms. The number of carbonyl (C=O) groups excluding carboxylic acids is 2. The Morgan fingerprint density at radius 2 is 1.02 bits per heavy atom. The smallest absolute Gasteiger partial charge is 0.306 e. The lowest BCUT2D eigenvalue weighted by Gasteiger charge is -2.24. The molecule has 6 heteroatoms. The zero-order valence-corrected chi connectivity index (χ0v) is 35.4. The first-order valence-electron chi connectivity index (χ1n) is 23.1. The minimum absolute atomic E-state index is 0.0723. The number of esters is 1. The highest BCUT2D eigenvalue weighted by atomic mass is 16.5. The Morgan fingerprint density at radius 3 is 1.53 bits per heavy atom. The van der Waals surface area contributed by atoms with E-state index in [1.807, 2.05) is 0 Å². The molecule has 0 aliphatic carbocycles. The van der Waals surface area contributed by atoms with Gasteiger partial charge in [-0.3, -0.25) is 9.59 Å². The van der Waals surface area contributed by atoms with E-state index in [4.69, 9.17) is 4.74 Å². The Hall–Kier alpha value is -1.66. The van der Waals surface area contributed by atoms with Gasteiger partial charge in [0.25, 0.3) is 0 Å². The molecule has 0 fully saturated rings. The van der Waals surface area contributed by atoms with E-state index in [0.29, 0.717) is 19.3 Å². The van der Waals surface area contributed by atoms with Crippen LogP contribution in [0.2, 0.25) is 0 Å². The van der Waals surface area contributed by atoms with E-state index in [2.05, 4.69) is 50.4 Å². The molecule has 3 N–H and O–H groups in total. The van der Waals surface area contributed by atoms with Gasteiger partial charge in [0.15, 0.2) is 0 Å². The van der Waals surface area contributed by atoms with Gasteiger partial charge in [-0.1, -0.05) is 199 Å². The van der Waals surface area contributed by atoms with Crippen molar-refractivity contribution in [3.63, 3.8) is 0 Å². The van der Waals surface area contributed by atoms with Crippen molar-refractivity contribution in [3.8, 4) is 0 Å². The van der Waals surface area contributed by atoms with Crippen molar-refractivity contribution in [2.45, 2.75) is 257 Å². The third-order valence-electron chi connectivity index (χ3n) is 10.5. The Morgan fingerprint density at radius 1 is 0.566 bits per heavy atom. The number of rotatable bonds is 41. The van der Waals surface area contributed by atoms with Crippen LogP contribution in [0.4, 0.5) is 0 Å². The third kappa shape index (κ3) is 37.1. The van der Waals surface area contributed by atoms with E-state index < -0.39 is 18.2 Å². The number of ether oxygens (including phenoxy) is 1. The SMILES string of the molecule is CC/C=C/C/C=C/CCCCCCCC(CC(=O)NC(CO)C(O)CCCCCCCCCCC)OC(=O)CCCCCCCCCCCCCCC. The number of hydrogen-bond acceptors (Lipinski definition) is 5. The number of nitrogens with one attached hydrogen (secondary N) is 1. The van der Waals surface area contributed by atoms with Crippen molar-refractivity contribution in [2.24, 2.45) is 0 Å². The van der Waals surface area contributed by atoms with Gasteiger partial charge in [0.1, 0.15) is 6.10 Å². The van der Waals surface area contributed by atoms with Crippen molar-refractivity contribution in [1.29, 1.82) is 0 Å². The van der Waals surface area contributed by atoms with Crippen LogP contribution in [0.15, 0.2) is 24.3 Å². The molecule has 3 atom stereocenters. The van der Waals surface area contributed by atoms with Gasteiger partial charge in [-0.15, -0.1) is 0 Å². The van der Waals surface area contributed by atoms with Crippen LogP contribution in [0, 0.1) is 0 Å². The number of carbonyl (C=O) groups is 2. The van der Waals surface area contributed by atoms with Crippen LogP contribution >= 0.6 is 0 Å². The predicted octanol–water partition coefficient (Wildman–Crippen LogP) is 13.2. The van der Waals surface area contributed by atoms with Crippen molar-refractivity contribution >= 4 is 11.9 Å². The Balaban J connectivity index is 4.58. The Kier molecular flexibility index (Phi) is 40.2. The normalized spacial score (nSPS) is 13.5. The number of unbranched alkanes of at least 4 members (excludes halogenated alkanes) is 25. The lowest BCUT2D eigenvalue weighted by atomic mass is 10.0. The first-order valence-corrected chi connectivity index (χ1v) is 23.1. The van der Waals surface area contributed by atoms with Crippen LogP contribution in [-0.2, 0) is 14.3 Å². The highest BCUT2D eigenvalue weighted by Gasteiger charge is 2.24. The highest BCUT2D eigenvalue weighted by molar-refractivity contribution is 5.77. The average Bonchev–Trinajstić information content (AvgIpc) is 3.15. The van der Waals surface area contributed by atoms with Crippen LogP contribution in [0.25, 0.3) is 0 Å². The molecule has 0 saturated heterocycles. The maximum atomic E-state index is 13.1. The van der Waals surface area contributed by atoms with Crippen molar-refractivity contribution in [2.75, 3.05) is 6.61 Å². The summed E-state index contributed by atoms with van der Waals surface area (Å²) in [6.45, 7) is 6.35. The summed E-state index contributed by atoms with van der Waals surface area (Å²) >= 11 is 0. The van der Waals surface area contributed by atoms with E-state index in [0.717, 1.165) is 77.0 Å². The summed E-state index contributed by atoms with van der Waals surface area (Å²) in [5, 5.41) is 23.6. The summed E-state index contributed by atoms with van der Waals surface area (Å²) in [4.78, 5) is 26.0. The van der Waals surface area contributed by atoms with E-state index in [1.54, 1.807) is 0 Å². The van der Waals surface area contributed by atoms with Crippen molar-refractivity contribution in [3.05, 3.63) is 24.3 Å². The summed E-state index contributed by atoms with van der Waals surface area (Å²) in [5.74, 6) is -0.481. The number of allylic oxidation sites excluding steroid dienone is 4. The Labute approximate surface area is 329 Å². The molecular formula is C47H89NO5. The maximum Gasteiger partial charge on any atom is 0.306 e. The molecule has 0 bridgehead atoms. The summed E-state index contributed by atoms with van der Waals surface area (Å²) in [6.07, 6.45) is 45.2. The fourth-order valence-corrected chi connectivity index (χ4v) is 7.06. The van der Waals surface area contributed by atoms with Crippen molar-refractivity contribution < 1.29 is 24.5 Å². The monoisotopic (exact) mass is 748 g/mol. The van der Waals surface area contributed by atoms with E-state index in [-0.39, 0.29) is 24.9 Å². The molecule has 0 heterocycles. The lowest BCUT2D eigenvalue weighted by molar-refractivity contribution is -0.151. The number of aliphatic hydroxyl groups is 2. The molecule has 1 amide bonds. The molecule has 6 nitrogen and oxygen atoms in total. The minimum atomic E-state index is -0.785. The molecular weight excluding hydrogens is 659 g/mol. The molecule has 53 heavy (non-hydrogen) atoms. The summed E-state index contributed by atoms with van der Waals surface area (Å²) in [6, 6.07) is -0.699. The van der Waals surface area contributed by atoms with Crippen molar-refractivity contribution in [1.82, 2.24) is 5.32 Å². The molecule has 0 saturated carbocycles. The van der Waals surface area contributed by atoms with Gasteiger partial charge in [-0.05, 0) is 51.4 Å². The molecule has 0 rings (SSSR count). The van der Waals surface area contributed by atoms with E-state index >= 15 is 0 Å². The highest BCUT2D eigenvalue weighted by Crippen LogP contribution is 2.18. The predicted molar refractivity (Wildman–Crippen MR) is 227 cm³/mol. The minimum Gasteiger partial charge on any atom is -0.462 e. The van der Waals surface area contributed by atoms with Crippen LogP contribution < -0.4 is 5.32 Å². The van der Waals surface area contributed by atoms with Gasteiger partial charge >= 0.3 is 5.97 Å².